The summed E-state index contributed by atoms with van der Waals surface area (Å²) in [4.78, 5) is 32.7. The number of amidine groups is 1. The fraction of sp³-hybridized carbons (Fsp3) is 0.500. The van der Waals surface area contributed by atoms with Gasteiger partial charge in [-0.2, -0.15) is 4.99 Å². The molecule has 1 fully saturated rings. The SMILES string of the molecule is COc1ccc(CCNC(=O)CSC2=NC(=O)C3CCCCC3=N2)cc1OC. The highest BCUT2D eigenvalue weighted by Crippen LogP contribution is 2.28. The van der Waals surface area contributed by atoms with E-state index in [1.54, 1.807) is 14.2 Å². The maximum Gasteiger partial charge on any atom is 0.256 e. The van der Waals surface area contributed by atoms with Crippen LogP contribution >= 0.6 is 11.8 Å². The summed E-state index contributed by atoms with van der Waals surface area (Å²) in [6, 6.07) is 5.70. The molecule has 1 aliphatic carbocycles. The van der Waals surface area contributed by atoms with Gasteiger partial charge < -0.3 is 14.8 Å². The van der Waals surface area contributed by atoms with Crippen molar-refractivity contribution in [2.24, 2.45) is 15.9 Å². The molecule has 7 nitrogen and oxygen atoms in total. The summed E-state index contributed by atoms with van der Waals surface area (Å²) < 4.78 is 10.5. The summed E-state index contributed by atoms with van der Waals surface area (Å²) >= 11 is 1.22. The average Bonchev–Trinajstić information content (AvgIpc) is 2.72. The number of nitrogens with zero attached hydrogens (tertiary/aromatic N) is 2. The second kappa shape index (κ2) is 9.73. The molecule has 1 N–H and O–H groups in total. The number of aliphatic imine (C=N–C) groups is 2. The minimum atomic E-state index is -0.131. The fourth-order valence-electron chi connectivity index (χ4n) is 3.34. The highest BCUT2D eigenvalue weighted by atomic mass is 32.2. The number of fused-ring (bicyclic) bond motifs is 1. The Balaban J connectivity index is 1.44. The minimum absolute atomic E-state index is 0.105. The first-order chi connectivity index (χ1) is 13.6. The van der Waals surface area contributed by atoms with E-state index in [1.807, 2.05) is 18.2 Å². The van der Waals surface area contributed by atoms with Gasteiger partial charge in [-0.3, -0.25) is 9.59 Å². The van der Waals surface area contributed by atoms with Gasteiger partial charge in [0.15, 0.2) is 16.7 Å². The van der Waals surface area contributed by atoms with Gasteiger partial charge in [0.2, 0.25) is 5.91 Å². The van der Waals surface area contributed by atoms with E-state index in [0.29, 0.717) is 29.6 Å². The summed E-state index contributed by atoms with van der Waals surface area (Å²) in [5, 5.41) is 3.29. The van der Waals surface area contributed by atoms with Gasteiger partial charge in [-0.05, 0) is 43.4 Å². The number of methoxy groups -OCH3 is 2. The van der Waals surface area contributed by atoms with Crippen molar-refractivity contribution in [3.05, 3.63) is 23.8 Å². The van der Waals surface area contributed by atoms with E-state index in [2.05, 4.69) is 15.3 Å². The number of thioether (sulfide) groups is 1. The molecule has 1 aliphatic heterocycles. The fourth-order valence-corrected chi connectivity index (χ4v) is 4.04. The van der Waals surface area contributed by atoms with Crippen LogP contribution in [0.4, 0.5) is 0 Å². The molecule has 1 atom stereocenters. The third kappa shape index (κ3) is 5.13. The zero-order chi connectivity index (χ0) is 19.9. The van der Waals surface area contributed by atoms with Crippen LogP contribution in [0.15, 0.2) is 28.2 Å². The monoisotopic (exact) mass is 403 g/mol. The molecule has 1 aromatic rings. The number of carbonyl (C=O) groups is 2. The van der Waals surface area contributed by atoms with Crippen LogP contribution in [0.25, 0.3) is 0 Å². The number of nitrogens with one attached hydrogen (secondary N) is 1. The van der Waals surface area contributed by atoms with Crippen molar-refractivity contribution < 1.29 is 19.1 Å². The van der Waals surface area contributed by atoms with Crippen LogP contribution in [0.1, 0.15) is 31.2 Å². The molecule has 1 unspecified atom stereocenters. The predicted molar refractivity (Wildman–Crippen MR) is 111 cm³/mol. The van der Waals surface area contributed by atoms with Gasteiger partial charge in [0.25, 0.3) is 5.91 Å². The molecule has 1 aromatic carbocycles. The number of hydrogen-bond acceptors (Lipinski definition) is 6. The Hall–Kier alpha value is -2.35. The molecule has 2 amide bonds. The Labute approximate surface area is 169 Å². The van der Waals surface area contributed by atoms with E-state index < -0.39 is 0 Å². The van der Waals surface area contributed by atoms with Gasteiger partial charge in [-0.15, -0.1) is 0 Å². The van der Waals surface area contributed by atoms with Gasteiger partial charge in [0.05, 0.1) is 25.9 Å². The van der Waals surface area contributed by atoms with Crippen LogP contribution in [0.5, 0.6) is 11.5 Å². The number of benzene rings is 1. The summed E-state index contributed by atoms with van der Waals surface area (Å²) in [6.07, 6.45) is 4.50. The molecular formula is C20H25N3O4S. The normalized spacial score (nSPS) is 18.6. The lowest BCUT2D eigenvalue weighted by atomic mass is 9.86. The van der Waals surface area contributed by atoms with Crippen LogP contribution in [-0.4, -0.2) is 49.2 Å². The lowest BCUT2D eigenvalue weighted by Gasteiger charge is -2.24. The molecule has 1 heterocycles. The highest BCUT2D eigenvalue weighted by Gasteiger charge is 2.30. The number of carbonyl (C=O) groups excluding carboxylic acids is 2. The Bertz CT molecular complexity index is 807. The van der Waals surface area contributed by atoms with Crippen molar-refractivity contribution in [3.63, 3.8) is 0 Å². The van der Waals surface area contributed by atoms with Crippen LogP contribution in [0.3, 0.4) is 0 Å². The number of hydrogen-bond donors (Lipinski definition) is 1. The first-order valence-corrected chi connectivity index (χ1v) is 10.4. The molecular weight excluding hydrogens is 378 g/mol. The van der Waals surface area contributed by atoms with Crippen molar-refractivity contribution in [2.45, 2.75) is 32.1 Å². The standard InChI is InChI=1S/C20H25N3O4S/c1-26-16-8-7-13(11-17(16)27-2)9-10-21-18(24)12-28-20-22-15-6-4-3-5-14(15)19(25)23-20/h7-8,11,14H,3-6,9-10,12H2,1-2H3,(H,21,24). The third-order valence-electron chi connectivity index (χ3n) is 4.84. The lowest BCUT2D eigenvalue weighted by Crippen LogP contribution is -2.31. The summed E-state index contributed by atoms with van der Waals surface area (Å²) in [7, 11) is 3.19. The second-order valence-electron chi connectivity index (χ2n) is 6.71. The molecule has 0 spiro atoms. The summed E-state index contributed by atoms with van der Waals surface area (Å²) in [6.45, 7) is 0.511. The Morgan fingerprint density at radius 3 is 2.82 bits per heavy atom. The molecule has 0 saturated heterocycles. The zero-order valence-corrected chi connectivity index (χ0v) is 17.0. The van der Waals surface area contributed by atoms with E-state index in [0.717, 1.165) is 37.0 Å². The molecule has 8 heteroatoms. The van der Waals surface area contributed by atoms with Crippen LogP contribution in [0, 0.1) is 5.92 Å². The Morgan fingerprint density at radius 1 is 1.21 bits per heavy atom. The molecule has 150 valence electrons. The second-order valence-corrected chi connectivity index (χ2v) is 7.65. The van der Waals surface area contributed by atoms with Gasteiger partial charge in [-0.1, -0.05) is 24.2 Å². The maximum absolute atomic E-state index is 12.1. The topological polar surface area (TPSA) is 89.3 Å². The average molecular weight is 404 g/mol. The number of rotatable bonds is 7. The van der Waals surface area contributed by atoms with Gasteiger partial charge >= 0.3 is 0 Å². The van der Waals surface area contributed by atoms with Crippen molar-refractivity contribution in [1.29, 1.82) is 0 Å². The van der Waals surface area contributed by atoms with E-state index in [1.165, 1.54) is 11.8 Å². The van der Waals surface area contributed by atoms with Crippen molar-refractivity contribution in [1.82, 2.24) is 5.32 Å². The minimum Gasteiger partial charge on any atom is -0.493 e. The summed E-state index contributed by atoms with van der Waals surface area (Å²) in [5.41, 5.74) is 1.98. The van der Waals surface area contributed by atoms with Crippen molar-refractivity contribution in [2.75, 3.05) is 26.5 Å². The van der Waals surface area contributed by atoms with Gasteiger partial charge in [0, 0.05) is 12.3 Å². The first kappa shape index (κ1) is 20.4. The molecule has 0 radical (unpaired) electrons. The quantitative estimate of drug-likeness (QED) is 0.756. The molecule has 28 heavy (non-hydrogen) atoms. The predicted octanol–water partition coefficient (Wildman–Crippen LogP) is 2.62. The number of amides is 2. The molecule has 1 saturated carbocycles. The largest absolute Gasteiger partial charge is 0.493 e. The molecule has 3 rings (SSSR count). The maximum atomic E-state index is 12.1. The number of ether oxygens (including phenoxy) is 2. The molecule has 0 aromatic heterocycles. The zero-order valence-electron chi connectivity index (χ0n) is 16.2. The smallest absolute Gasteiger partial charge is 0.256 e. The van der Waals surface area contributed by atoms with Crippen LogP contribution in [0.2, 0.25) is 0 Å². The van der Waals surface area contributed by atoms with E-state index in [4.69, 9.17) is 9.47 Å². The Morgan fingerprint density at radius 2 is 2.04 bits per heavy atom. The van der Waals surface area contributed by atoms with Gasteiger partial charge in [-0.25, -0.2) is 4.99 Å². The Kier molecular flexibility index (Phi) is 7.08. The highest BCUT2D eigenvalue weighted by molar-refractivity contribution is 8.14. The van der Waals surface area contributed by atoms with E-state index >= 15 is 0 Å². The first-order valence-electron chi connectivity index (χ1n) is 9.41. The van der Waals surface area contributed by atoms with Crippen LogP contribution in [-0.2, 0) is 16.0 Å². The summed E-state index contributed by atoms with van der Waals surface area (Å²) in [5.74, 6) is 1.19. The van der Waals surface area contributed by atoms with Crippen molar-refractivity contribution >= 4 is 34.5 Å². The van der Waals surface area contributed by atoms with E-state index in [9.17, 15) is 9.59 Å². The molecule has 0 bridgehead atoms. The van der Waals surface area contributed by atoms with Crippen LogP contribution < -0.4 is 14.8 Å². The van der Waals surface area contributed by atoms with E-state index in [-0.39, 0.29) is 23.5 Å². The molecule has 2 aliphatic rings. The lowest BCUT2D eigenvalue weighted by molar-refractivity contribution is -0.120. The van der Waals surface area contributed by atoms with Crippen molar-refractivity contribution in [3.8, 4) is 11.5 Å². The third-order valence-corrected chi connectivity index (χ3v) is 5.68. The van der Waals surface area contributed by atoms with Gasteiger partial charge in [0.1, 0.15) is 0 Å².